The molecule has 0 aromatic rings. The summed E-state index contributed by atoms with van der Waals surface area (Å²) in [4.78, 5) is 14.3. The summed E-state index contributed by atoms with van der Waals surface area (Å²) < 4.78 is 10.5. The minimum absolute atomic E-state index is 0.176. The smallest absolute Gasteiger partial charge is 0.325 e. The lowest BCUT2D eigenvalue weighted by atomic mass is 9.96. The molecule has 1 aliphatic rings. The van der Waals surface area contributed by atoms with Crippen molar-refractivity contribution in [3.05, 3.63) is 0 Å². The average Bonchev–Trinajstić information content (AvgIpc) is 2.51. The van der Waals surface area contributed by atoms with Crippen LogP contribution in [0.4, 0.5) is 0 Å². The molecule has 0 radical (unpaired) electrons. The maximum absolute atomic E-state index is 12.0. The Morgan fingerprint density at radius 2 is 2.29 bits per heavy atom. The van der Waals surface area contributed by atoms with Crippen LogP contribution in [-0.2, 0) is 14.3 Å². The molecule has 2 unspecified atom stereocenters. The van der Waals surface area contributed by atoms with E-state index in [9.17, 15) is 4.79 Å². The number of hydrogen-bond acceptors (Lipinski definition) is 5. The van der Waals surface area contributed by atoms with Gasteiger partial charge < -0.3 is 19.7 Å². The van der Waals surface area contributed by atoms with E-state index in [-0.39, 0.29) is 5.97 Å². The summed E-state index contributed by atoms with van der Waals surface area (Å²) >= 11 is 0. The van der Waals surface area contributed by atoms with Gasteiger partial charge in [0.1, 0.15) is 5.54 Å². The number of carbonyl (C=O) groups excluding carboxylic acids is 1. The van der Waals surface area contributed by atoms with Gasteiger partial charge in [-0.1, -0.05) is 6.92 Å². The van der Waals surface area contributed by atoms with Gasteiger partial charge in [0.2, 0.25) is 0 Å². The lowest BCUT2D eigenvalue weighted by Crippen LogP contribution is -2.52. The van der Waals surface area contributed by atoms with Gasteiger partial charge in [0.05, 0.1) is 13.7 Å². The molecule has 1 fully saturated rings. The largest absolute Gasteiger partial charge is 0.468 e. The zero-order chi connectivity index (χ0) is 15.7. The molecule has 21 heavy (non-hydrogen) atoms. The second-order valence-electron chi connectivity index (χ2n) is 6.35. The van der Waals surface area contributed by atoms with Gasteiger partial charge in [-0.3, -0.25) is 4.79 Å². The van der Waals surface area contributed by atoms with Crippen molar-refractivity contribution in [3.63, 3.8) is 0 Å². The zero-order valence-electron chi connectivity index (χ0n) is 14.1. The number of rotatable bonds is 9. The Bertz CT molecular complexity index is 306. The van der Waals surface area contributed by atoms with Crippen molar-refractivity contribution in [1.82, 2.24) is 10.2 Å². The maximum atomic E-state index is 12.0. The number of carbonyl (C=O) groups is 1. The van der Waals surface area contributed by atoms with Gasteiger partial charge in [0.15, 0.2) is 0 Å². The van der Waals surface area contributed by atoms with Gasteiger partial charge in [-0.05, 0) is 52.1 Å². The molecule has 1 aliphatic heterocycles. The monoisotopic (exact) mass is 300 g/mol. The summed E-state index contributed by atoms with van der Waals surface area (Å²) in [6, 6.07) is 0. The minimum atomic E-state index is -0.595. The molecule has 1 N–H and O–H groups in total. The van der Waals surface area contributed by atoms with E-state index in [2.05, 4.69) is 24.2 Å². The maximum Gasteiger partial charge on any atom is 0.325 e. The van der Waals surface area contributed by atoms with E-state index in [0.717, 1.165) is 52.1 Å². The summed E-state index contributed by atoms with van der Waals surface area (Å²) in [5.41, 5.74) is -0.595. The van der Waals surface area contributed by atoms with E-state index in [1.54, 1.807) is 0 Å². The first kappa shape index (κ1) is 18.4. The van der Waals surface area contributed by atoms with E-state index < -0.39 is 5.54 Å². The Morgan fingerprint density at radius 3 is 2.86 bits per heavy atom. The second-order valence-corrected chi connectivity index (χ2v) is 6.35. The number of esters is 1. The highest BCUT2D eigenvalue weighted by atomic mass is 16.5. The molecule has 0 saturated carbocycles. The first-order chi connectivity index (χ1) is 10.0. The van der Waals surface area contributed by atoms with Crippen LogP contribution in [0.1, 0.15) is 39.5 Å². The van der Waals surface area contributed by atoms with Crippen LogP contribution in [-0.4, -0.2) is 63.4 Å². The molecule has 1 rings (SSSR count). The Balaban J connectivity index is 2.41. The van der Waals surface area contributed by atoms with Crippen LogP contribution in [0.5, 0.6) is 0 Å². The van der Waals surface area contributed by atoms with Crippen molar-refractivity contribution in [3.8, 4) is 0 Å². The van der Waals surface area contributed by atoms with E-state index in [4.69, 9.17) is 9.47 Å². The SMILES string of the molecule is CCCNC(C)(CCN(C)CC1CCCOC1)C(=O)OC. The van der Waals surface area contributed by atoms with Gasteiger partial charge >= 0.3 is 5.97 Å². The third kappa shape index (κ3) is 6.32. The van der Waals surface area contributed by atoms with Crippen molar-refractivity contribution in [2.45, 2.75) is 45.1 Å². The summed E-state index contributed by atoms with van der Waals surface area (Å²) in [6.07, 6.45) is 4.16. The fraction of sp³-hybridized carbons (Fsp3) is 0.938. The first-order valence-corrected chi connectivity index (χ1v) is 8.11. The molecule has 0 amide bonds. The summed E-state index contributed by atoms with van der Waals surface area (Å²) in [5, 5.41) is 3.33. The van der Waals surface area contributed by atoms with Gasteiger partial charge in [0, 0.05) is 19.7 Å². The lowest BCUT2D eigenvalue weighted by molar-refractivity contribution is -0.148. The lowest BCUT2D eigenvalue weighted by Gasteiger charge is -2.32. The predicted molar refractivity (Wildman–Crippen MR) is 84.4 cm³/mol. The van der Waals surface area contributed by atoms with Crippen LogP contribution in [0, 0.1) is 5.92 Å². The fourth-order valence-electron chi connectivity index (χ4n) is 2.79. The fourth-order valence-corrected chi connectivity index (χ4v) is 2.79. The predicted octanol–water partition coefficient (Wildman–Crippen LogP) is 1.67. The molecule has 5 nitrogen and oxygen atoms in total. The highest BCUT2D eigenvalue weighted by Crippen LogP contribution is 2.17. The molecule has 0 spiro atoms. The molecule has 0 aromatic carbocycles. The highest BCUT2D eigenvalue weighted by molar-refractivity contribution is 5.80. The molecular weight excluding hydrogens is 268 g/mol. The molecule has 2 atom stereocenters. The molecule has 1 heterocycles. The van der Waals surface area contributed by atoms with E-state index in [1.165, 1.54) is 13.5 Å². The molecular formula is C16H32N2O3. The van der Waals surface area contributed by atoms with Crippen LogP contribution in [0.3, 0.4) is 0 Å². The highest BCUT2D eigenvalue weighted by Gasteiger charge is 2.33. The van der Waals surface area contributed by atoms with Gasteiger partial charge in [-0.2, -0.15) is 0 Å². The van der Waals surface area contributed by atoms with Crippen molar-refractivity contribution >= 4 is 5.97 Å². The molecule has 5 heteroatoms. The van der Waals surface area contributed by atoms with E-state index in [0.29, 0.717) is 5.92 Å². The van der Waals surface area contributed by atoms with Crippen molar-refractivity contribution in [2.75, 3.05) is 47.0 Å². The second kappa shape index (κ2) is 9.38. The molecule has 0 aromatic heterocycles. The normalized spacial score (nSPS) is 22.0. The third-order valence-electron chi connectivity index (χ3n) is 4.22. The van der Waals surface area contributed by atoms with Crippen LogP contribution in [0.25, 0.3) is 0 Å². The van der Waals surface area contributed by atoms with E-state index >= 15 is 0 Å². The Morgan fingerprint density at radius 1 is 1.52 bits per heavy atom. The number of hydrogen-bond donors (Lipinski definition) is 1. The van der Waals surface area contributed by atoms with Gasteiger partial charge in [-0.25, -0.2) is 0 Å². The summed E-state index contributed by atoms with van der Waals surface area (Å²) in [6.45, 7) is 8.54. The molecule has 124 valence electrons. The first-order valence-electron chi connectivity index (χ1n) is 8.11. The summed E-state index contributed by atoms with van der Waals surface area (Å²) in [5.74, 6) is 0.446. The Hall–Kier alpha value is -0.650. The van der Waals surface area contributed by atoms with Gasteiger partial charge in [0.25, 0.3) is 0 Å². The number of nitrogens with zero attached hydrogens (tertiary/aromatic N) is 1. The van der Waals surface area contributed by atoms with Crippen LogP contribution in [0.15, 0.2) is 0 Å². The van der Waals surface area contributed by atoms with E-state index in [1.807, 2.05) is 6.92 Å². The van der Waals surface area contributed by atoms with Gasteiger partial charge in [-0.15, -0.1) is 0 Å². The minimum Gasteiger partial charge on any atom is -0.468 e. The average molecular weight is 300 g/mol. The van der Waals surface area contributed by atoms with Crippen LogP contribution < -0.4 is 5.32 Å². The van der Waals surface area contributed by atoms with Crippen LogP contribution in [0.2, 0.25) is 0 Å². The standard InChI is InChI=1S/C16H32N2O3/c1-5-9-17-16(2,15(19)20-4)8-10-18(3)12-14-7-6-11-21-13-14/h14,17H,5-13H2,1-4H3. The Labute approximate surface area is 129 Å². The third-order valence-corrected chi connectivity index (χ3v) is 4.22. The number of ether oxygens (including phenoxy) is 2. The van der Waals surface area contributed by atoms with Crippen molar-refractivity contribution < 1.29 is 14.3 Å². The quantitative estimate of drug-likeness (QED) is 0.656. The molecule has 0 aliphatic carbocycles. The number of nitrogens with one attached hydrogen (secondary N) is 1. The number of methoxy groups -OCH3 is 1. The zero-order valence-corrected chi connectivity index (χ0v) is 14.1. The molecule has 0 bridgehead atoms. The van der Waals surface area contributed by atoms with Crippen molar-refractivity contribution in [2.24, 2.45) is 5.92 Å². The molecule has 1 saturated heterocycles. The summed E-state index contributed by atoms with van der Waals surface area (Å²) in [7, 11) is 3.57. The van der Waals surface area contributed by atoms with Crippen LogP contribution >= 0.6 is 0 Å². The topological polar surface area (TPSA) is 50.8 Å². The van der Waals surface area contributed by atoms with Crippen molar-refractivity contribution in [1.29, 1.82) is 0 Å². The Kier molecular flexibility index (Phi) is 8.22.